The third kappa shape index (κ3) is 2.97. The molecule has 1 amide bonds. The predicted octanol–water partition coefficient (Wildman–Crippen LogP) is 4.96. The highest BCUT2D eigenvalue weighted by Crippen LogP contribution is 2.38. The van der Waals surface area contributed by atoms with Crippen molar-refractivity contribution >= 4 is 22.7 Å². The van der Waals surface area contributed by atoms with Gasteiger partial charge in [0, 0.05) is 11.8 Å². The van der Waals surface area contributed by atoms with Gasteiger partial charge >= 0.3 is 6.18 Å². The Labute approximate surface area is 167 Å². The molecule has 5 rings (SSSR count). The molecule has 0 aliphatic heterocycles. The van der Waals surface area contributed by atoms with Gasteiger partial charge in [0.25, 0.3) is 11.5 Å². The number of hydrogen-bond acceptors (Lipinski definition) is 3. The number of alkyl halides is 3. The van der Waals surface area contributed by atoms with Crippen molar-refractivity contribution in [2.45, 2.75) is 12.6 Å². The van der Waals surface area contributed by atoms with Crippen LogP contribution < -0.4 is 10.9 Å². The largest absolute Gasteiger partial charge is 0.434 e. The van der Waals surface area contributed by atoms with E-state index in [9.17, 15) is 22.8 Å². The lowest BCUT2D eigenvalue weighted by Gasteiger charge is -2.06. The van der Waals surface area contributed by atoms with Gasteiger partial charge in [-0.25, -0.2) is 0 Å². The van der Waals surface area contributed by atoms with E-state index in [1.807, 2.05) is 36.4 Å². The monoisotopic (exact) mass is 410 g/mol. The zero-order valence-electron chi connectivity index (χ0n) is 15.3. The number of halogens is 3. The quantitative estimate of drug-likeness (QED) is 0.432. The molecule has 8 heteroatoms. The summed E-state index contributed by atoms with van der Waals surface area (Å²) < 4.78 is 44.8. The van der Waals surface area contributed by atoms with Crippen molar-refractivity contribution in [2.24, 2.45) is 0 Å². The molecule has 30 heavy (non-hydrogen) atoms. The fourth-order valence-electron chi connectivity index (χ4n) is 3.80. The fraction of sp³-hybridized carbons (Fsp3) is 0.0909. The van der Waals surface area contributed by atoms with Gasteiger partial charge < -0.3 is 9.73 Å². The normalized spacial score (nSPS) is 12.6. The van der Waals surface area contributed by atoms with Crippen molar-refractivity contribution in [1.29, 1.82) is 0 Å². The summed E-state index contributed by atoms with van der Waals surface area (Å²) in [5.41, 5.74) is 2.44. The standard InChI is InChI=1S/C22H13F3N2O3/c23-22(24,25)17-10-19(28)27-21-16(17)9-18(30-21)20(29)26-13-5-6-15-12(8-13)7-11-3-1-2-4-14(11)15/h1-6,8-10H,7H2,(H,26,29)(H,27,28). The van der Waals surface area contributed by atoms with Gasteiger partial charge in [-0.05, 0) is 46.9 Å². The summed E-state index contributed by atoms with van der Waals surface area (Å²) in [5.74, 6) is -1.04. The lowest BCUT2D eigenvalue weighted by atomic mass is 10.1. The first kappa shape index (κ1) is 18.2. The topological polar surface area (TPSA) is 75.1 Å². The smallest absolute Gasteiger partial charge is 0.417 e. The van der Waals surface area contributed by atoms with Gasteiger partial charge in [0.05, 0.1) is 10.9 Å². The molecule has 0 unspecified atom stereocenters. The van der Waals surface area contributed by atoms with Gasteiger partial charge in [-0.2, -0.15) is 13.2 Å². The van der Waals surface area contributed by atoms with Gasteiger partial charge in [-0.1, -0.05) is 30.3 Å². The number of carbonyl (C=O) groups excluding carboxylic acids is 1. The molecule has 0 atom stereocenters. The minimum atomic E-state index is -4.75. The summed E-state index contributed by atoms with van der Waals surface area (Å²) in [6.07, 6.45) is -4.02. The van der Waals surface area contributed by atoms with E-state index in [1.165, 1.54) is 5.56 Å². The Kier molecular flexibility index (Phi) is 3.86. The maximum atomic E-state index is 13.2. The van der Waals surface area contributed by atoms with Crippen LogP contribution in [0.2, 0.25) is 0 Å². The summed E-state index contributed by atoms with van der Waals surface area (Å²) in [5, 5.41) is 2.26. The van der Waals surface area contributed by atoms with Crippen molar-refractivity contribution < 1.29 is 22.4 Å². The number of benzene rings is 2. The zero-order chi connectivity index (χ0) is 21.0. The van der Waals surface area contributed by atoms with E-state index in [-0.39, 0.29) is 11.1 Å². The third-order valence-electron chi connectivity index (χ3n) is 5.12. The minimum absolute atomic E-state index is 0.332. The van der Waals surface area contributed by atoms with Crippen LogP contribution >= 0.6 is 0 Å². The first-order valence-corrected chi connectivity index (χ1v) is 9.06. The van der Waals surface area contributed by atoms with Crippen LogP contribution in [0.3, 0.4) is 0 Å². The van der Waals surface area contributed by atoms with E-state index in [1.54, 1.807) is 6.07 Å². The Morgan fingerprint density at radius 1 is 1.00 bits per heavy atom. The number of hydrogen-bond donors (Lipinski definition) is 2. The average molecular weight is 410 g/mol. The highest BCUT2D eigenvalue weighted by molar-refractivity contribution is 6.05. The third-order valence-corrected chi connectivity index (χ3v) is 5.12. The number of anilines is 1. The highest BCUT2D eigenvalue weighted by atomic mass is 19.4. The molecule has 4 aromatic rings. The molecule has 0 saturated heterocycles. The van der Waals surface area contributed by atoms with Crippen LogP contribution in [0.4, 0.5) is 18.9 Å². The maximum Gasteiger partial charge on any atom is 0.417 e. The molecule has 2 heterocycles. The minimum Gasteiger partial charge on any atom is -0.434 e. The van der Waals surface area contributed by atoms with Crippen molar-refractivity contribution in [3.05, 3.63) is 87.4 Å². The van der Waals surface area contributed by atoms with Crippen LogP contribution in [-0.4, -0.2) is 10.9 Å². The van der Waals surface area contributed by atoms with Crippen LogP contribution in [0.1, 0.15) is 27.2 Å². The van der Waals surface area contributed by atoms with E-state index in [0.29, 0.717) is 11.8 Å². The second-order valence-corrected chi connectivity index (χ2v) is 7.06. The van der Waals surface area contributed by atoms with Crippen molar-refractivity contribution in [3.8, 4) is 11.1 Å². The van der Waals surface area contributed by atoms with E-state index < -0.39 is 28.9 Å². The number of aromatic amines is 1. The van der Waals surface area contributed by atoms with Gasteiger partial charge in [0.15, 0.2) is 5.76 Å². The molecule has 5 nitrogen and oxygen atoms in total. The first-order chi connectivity index (χ1) is 14.3. The SMILES string of the molecule is O=C(Nc1ccc2c(c1)Cc1ccccc1-2)c1cc2c(C(F)(F)F)cc(=O)[nH]c2o1. The summed E-state index contributed by atoms with van der Waals surface area (Å²) in [6, 6.07) is 14.9. The Bertz CT molecular complexity index is 1380. The molecule has 0 spiro atoms. The van der Waals surface area contributed by atoms with Crippen LogP contribution in [0.5, 0.6) is 0 Å². The molecule has 0 radical (unpaired) electrons. The van der Waals surface area contributed by atoms with Crippen molar-refractivity contribution in [1.82, 2.24) is 4.98 Å². The summed E-state index contributed by atoms with van der Waals surface area (Å²) in [7, 11) is 0. The van der Waals surface area contributed by atoms with Crippen LogP contribution in [0.15, 0.2) is 63.8 Å². The zero-order valence-corrected chi connectivity index (χ0v) is 15.3. The van der Waals surface area contributed by atoms with E-state index in [0.717, 1.165) is 29.2 Å². The fourth-order valence-corrected chi connectivity index (χ4v) is 3.80. The van der Waals surface area contributed by atoms with Gasteiger partial charge in [0.1, 0.15) is 0 Å². The van der Waals surface area contributed by atoms with Gasteiger partial charge in [-0.3, -0.25) is 14.6 Å². The van der Waals surface area contributed by atoms with Crippen LogP contribution in [-0.2, 0) is 12.6 Å². The molecule has 150 valence electrons. The second kappa shape index (κ2) is 6.35. The number of fused-ring (bicyclic) bond motifs is 4. The van der Waals surface area contributed by atoms with Gasteiger partial charge in [-0.15, -0.1) is 0 Å². The number of carbonyl (C=O) groups is 1. The maximum absolute atomic E-state index is 13.2. The van der Waals surface area contributed by atoms with Crippen molar-refractivity contribution in [2.75, 3.05) is 5.32 Å². The predicted molar refractivity (Wildman–Crippen MR) is 104 cm³/mol. The lowest BCUT2D eigenvalue weighted by molar-refractivity contribution is -0.136. The molecule has 1 aliphatic rings. The molecule has 1 aliphatic carbocycles. The molecule has 0 fully saturated rings. The first-order valence-electron chi connectivity index (χ1n) is 9.06. The molecule has 2 N–H and O–H groups in total. The van der Waals surface area contributed by atoms with E-state index in [2.05, 4.69) is 10.3 Å². The molecule has 0 bridgehead atoms. The highest BCUT2D eigenvalue weighted by Gasteiger charge is 2.34. The Balaban J connectivity index is 1.46. The molecule has 0 saturated carbocycles. The Morgan fingerprint density at radius 2 is 1.77 bits per heavy atom. The second-order valence-electron chi connectivity index (χ2n) is 7.06. The number of rotatable bonds is 2. The summed E-state index contributed by atoms with van der Waals surface area (Å²) >= 11 is 0. The van der Waals surface area contributed by atoms with E-state index in [4.69, 9.17) is 4.42 Å². The average Bonchev–Trinajstić information content (AvgIpc) is 3.27. The number of aromatic nitrogens is 1. The summed E-state index contributed by atoms with van der Waals surface area (Å²) in [4.78, 5) is 26.3. The van der Waals surface area contributed by atoms with Gasteiger partial charge in [0.2, 0.25) is 5.71 Å². The summed E-state index contributed by atoms with van der Waals surface area (Å²) in [6.45, 7) is 0. The Morgan fingerprint density at radius 3 is 2.57 bits per heavy atom. The number of nitrogens with one attached hydrogen (secondary N) is 2. The number of furan rings is 1. The lowest BCUT2D eigenvalue weighted by Crippen LogP contribution is -2.13. The molecular weight excluding hydrogens is 397 g/mol. The molecule has 2 aromatic heterocycles. The number of pyridine rings is 1. The van der Waals surface area contributed by atoms with Crippen LogP contribution in [0.25, 0.3) is 22.2 Å². The molecule has 2 aromatic carbocycles. The van der Waals surface area contributed by atoms with Crippen molar-refractivity contribution in [3.63, 3.8) is 0 Å². The van der Waals surface area contributed by atoms with E-state index >= 15 is 0 Å². The number of amides is 1. The Hall–Kier alpha value is -3.81. The molecular formula is C22H13F3N2O3. The number of H-pyrrole nitrogens is 1. The van der Waals surface area contributed by atoms with Crippen LogP contribution in [0, 0.1) is 0 Å².